The van der Waals surface area contributed by atoms with E-state index in [1.54, 1.807) is 16.0 Å². The van der Waals surface area contributed by atoms with Gasteiger partial charge in [-0.1, -0.05) is 24.3 Å². The maximum Gasteiger partial charge on any atom is 0.204 e. The second-order valence-electron chi connectivity index (χ2n) is 5.83. The molecule has 3 rings (SSSR count). The van der Waals surface area contributed by atoms with Gasteiger partial charge in [0.05, 0.1) is 23.7 Å². The summed E-state index contributed by atoms with van der Waals surface area (Å²) >= 11 is 7.33. The number of hydrogen-bond donors (Lipinski definition) is 0. The van der Waals surface area contributed by atoms with Gasteiger partial charge in [0.1, 0.15) is 0 Å². The summed E-state index contributed by atoms with van der Waals surface area (Å²) in [6.07, 6.45) is 0.797. The molecule has 2 heterocycles. The number of rotatable bonds is 8. The minimum Gasteiger partial charge on any atom is -0.282 e. The number of aromatic nitrogens is 3. The monoisotopic (exact) mass is 394 g/mol. The van der Waals surface area contributed by atoms with Crippen LogP contribution in [0, 0.1) is 27.4 Å². The number of hydrogen-bond acceptors (Lipinski definition) is 6. The molecule has 0 radical (unpaired) electrons. The first-order valence-electron chi connectivity index (χ1n) is 8.50. The summed E-state index contributed by atoms with van der Waals surface area (Å²) in [5, 5.41) is 24.6. The fraction of sp³-hybridized carbons (Fsp3) is 0.263. The van der Waals surface area contributed by atoms with Crippen LogP contribution in [0.25, 0.3) is 16.4 Å². The molecule has 6 nitrogen and oxygen atoms in total. The lowest BCUT2D eigenvalue weighted by atomic mass is 10.3. The summed E-state index contributed by atoms with van der Waals surface area (Å²) < 4.78 is 4.32. The van der Waals surface area contributed by atoms with Gasteiger partial charge in [-0.3, -0.25) is 9.47 Å². The van der Waals surface area contributed by atoms with Crippen molar-refractivity contribution in [3.05, 3.63) is 52.6 Å². The van der Waals surface area contributed by atoms with Crippen LogP contribution < -0.4 is 0 Å². The van der Waals surface area contributed by atoms with Crippen molar-refractivity contribution in [3.8, 4) is 28.5 Å². The molecule has 1 aromatic carbocycles. The van der Waals surface area contributed by atoms with Gasteiger partial charge in [-0.25, -0.2) is 4.68 Å². The minimum atomic E-state index is 0.399. The molecule has 0 spiro atoms. The normalized spacial score (nSPS) is 10.6. The van der Waals surface area contributed by atoms with Crippen LogP contribution in [0.5, 0.6) is 0 Å². The quantitative estimate of drug-likeness (QED) is 0.535. The van der Waals surface area contributed by atoms with Crippen molar-refractivity contribution < 1.29 is 0 Å². The van der Waals surface area contributed by atoms with Crippen LogP contribution in [0.3, 0.4) is 0 Å². The van der Waals surface area contributed by atoms with Gasteiger partial charge < -0.3 is 0 Å². The van der Waals surface area contributed by atoms with E-state index in [2.05, 4.69) is 12.1 Å². The molecule has 2 aromatic heterocycles. The van der Waals surface area contributed by atoms with Gasteiger partial charge in [-0.2, -0.15) is 10.5 Å². The Kier molecular flexibility index (Phi) is 6.50. The molecule has 0 bridgehead atoms. The first-order valence-corrected chi connectivity index (χ1v) is 9.79. The van der Waals surface area contributed by atoms with Crippen LogP contribution in [0.1, 0.15) is 12.8 Å². The topological polar surface area (TPSA) is 73.6 Å². The van der Waals surface area contributed by atoms with E-state index in [0.717, 1.165) is 16.4 Å². The second-order valence-corrected chi connectivity index (χ2v) is 7.14. The lowest BCUT2D eigenvalue weighted by molar-refractivity contribution is 0.214. The van der Waals surface area contributed by atoms with E-state index < -0.39 is 0 Å². The molecule has 8 heteroatoms. The Bertz CT molecular complexity index is 987. The fourth-order valence-corrected chi connectivity index (χ4v) is 3.72. The van der Waals surface area contributed by atoms with Crippen LogP contribution in [0.4, 0.5) is 0 Å². The molecule has 0 atom stereocenters. The highest BCUT2D eigenvalue weighted by Gasteiger charge is 2.17. The molecule has 136 valence electrons. The van der Waals surface area contributed by atoms with Crippen molar-refractivity contribution in [2.45, 2.75) is 19.5 Å². The predicted molar refractivity (Wildman–Crippen MR) is 108 cm³/mol. The van der Waals surface area contributed by atoms with Crippen molar-refractivity contribution >= 4 is 23.6 Å². The van der Waals surface area contributed by atoms with Crippen molar-refractivity contribution in [3.63, 3.8) is 0 Å². The summed E-state index contributed by atoms with van der Waals surface area (Å²) in [4.78, 5) is 3.06. The Balaban J connectivity index is 2.00. The number of thiophene rings is 1. The van der Waals surface area contributed by atoms with Crippen LogP contribution in [0.15, 0.2) is 47.8 Å². The van der Waals surface area contributed by atoms with Crippen LogP contribution in [-0.4, -0.2) is 32.3 Å². The molecule has 0 aliphatic heterocycles. The Morgan fingerprint density at radius 3 is 2.33 bits per heavy atom. The van der Waals surface area contributed by atoms with Gasteiger partial charge in [0.2, 0.25) is 4.77 Å². The molecule has 0 fully saturated rings. The zero-order chi connectivity index (χ0) is 19.1. The van der Waals surface area contributed by atoms with Crippen LogP contribution in [-0.2, 0) is 6.67 Å². The largest absolute Gasteiger partial charge is 0.282 e. The molecule has 0 saturated carbocycles. The highest BCUT2D eigenvalue weighted by atomic mass is 32.1. The van der Waals surface area contributed by atoms with E-state index >= 15 is 0 Å². The van der Waals surface area contributed by atoms with Gasteiger partial charge in [0, 0.05) is 31.6 Å². The zero-order valence-corrected chi connectivity index (χ0v) is 16.3. The van der Waals surface area contributed by atoms with Gasteiger partial charge >= 0.3 is 0 Å². The molecule has 27 heavy (non-hydrogen) atoms. The van der Waals surface area contributed by atoms with E-state index in [1.165, 1.54) is 0 Å². The highest BCUT2D eigenvalue weighted by Crippen LogP contribution is 2.26. The average molecular weight is 395 g/mol. The van der Waals surface area contributed by atoms with Gasteiger partial charge in [0.25, 0.3) is 0 Å². The molecular formula is C19H18N6S2. The third-order valence-corrected chi connectivity index (χ3v) is 5.27. The molecular weight excluding hydrogens is 376 g/mol. The van der Waals surface area contributed by atoms with E-state index in [4.69, 9.17) is 27.8 Å². The van der Waals surface area contributed by atoms with E-state index in [-0.39, 0.29) is 0 Å². The standard InChI is InChI=1S/C19H18N6S2/c20-10-5-12-23(13-6-11-21)15-24-19(26)25(16-7-2-1-3-8-16)18(22-24)17-9-4-14-27-17/h1-4,7-9,14H,5-6,12-13,15H2. The highest BCUT2D eigenvalue weighted by molar-refractivity contribution is 7.71. The first-order chi connectivity index (χ1) is 13.2. The fourth-order valence-electron chi connectivity index (χ4n) is 2.73. The van der Waals surface area contributed by atoms with Gasteiger partial charge in [-0.05, 0) is 35.8 Å². The second kappa shape index (κ2) is 9.24. The lowest BCUT2D eigenvalue weighted by Crippen LogP contribution is -2.29. The number of nitrogens with zero attached hydrogens (tertiary/aromatic N) is 6. The first kappa shape index (κ1) is 19.0. The van der Waals surface area contributed by atoms with E-state index in [0.29, 0.717) is 37.4 Å². The van der Waals surface area contributed by atoms with E-state index in [1.807, 2.05) is 57.3 Å². The van der Waals surface area contributed by atoms with Crippen LogP contribution >= 0.6 is 23.6 Å². The maximum absolute atomic E-state index is 8.90. The predicted octanol–water partition coefficient (Wildman–Crippen LogP) is 4.22. The number of para-hydroxylation sites is 1. The van der Waals surface area contributed by atoms with Crippen LogP contribution in [0.2, 0.25) is 0 Å². The molecule has 0 amide bonds. The summed E-state index contributed by atoms with van der Waals surface area (Å²) in [5.74, 6) is 0.793. The summed E-state index contributed by atoms with van der Waals surface area (Å²) in [7, 11) is 0. The Hall–Kier alpha value is -2.78. The summed E-state index contributed by atoms with van der Waals surface area (Å²) in [6, 6.07) is 18.2. The molecule has 0 unspecified atom stereocenters. The molecule has 0 aliphatic carbocycles. The van der Waals surface area contributed by atoms with E-state index in [9.17, 15) is 0 Å². The third-order valence-electron chi connectivity index (χ3n) is 4.01. The zero-order valence-electron chi connectivity index (χ0n) is 14.7. The minimum absolute atomic E-state index is 0.399. The van der Waals surface area contributed by atoms with Crippen molar-refractivity contribution in [2.24, 2.45) is 0 Å². The van der Waals surface area contributed by atoms with Crippen molar-refractivity contribution in [2.75, 3.05) is 13.1 Å². The number of benzene rings is 1. The van der Waals surface area contributed by atoms with Crippen molar-refractivity contribution in [1.29, 1.82) is 10.5 Å². The molecule has 0 N–H and O–H groups in total. The van der Waals surface area contributed by atoms with Crippen molar-refractivity contribution in [1.82, 2.24) is 19.2 Å². The number of nitriles is 2. The maximum atomic E-state index is 8.90. The average Bonchev–Trinajstić information content (AvgIpc) is 3.33. The summed E-state index contributed by atoms with van der Waals surface area (Å²) in [5.41, 5.74) is 0.956. The SMILES string of the molecule is N#CCCN(CCC#N)Cn1nc(-c2cccs2)n(-c2ccccc2)c1=S. The molecule has 3 aromatic rings. The Morgan fingerprint density at radius 2 is 1.74 bits per heavy atom. The smallest absolute Gasteiger partial charge is 0.204 e. The summed E-state index contributed by atoms with van der Waals surface area (Å²) in [6.45, 7) is 1.60. The third kappa shape index (κ3) is 4.50. The lowest BCUT2D eigenvalue weighted by Gasteiger charge is -2.19. The van der Waals surface area contributed by atoms with Gasteiger partial charge in [-0.15, -0.1) is 16.4 Å². The Morgan fingerprint density at radius 1 is 1.04 bits per heavy atom. The van der Waals surface area contributed by atoms with Gasteiger partial charge in [0.15, 0.2) is 5.82 Å². The Labute approximate surface area is 167 Å². The molecule has 0 aliphatic rings. The molecule has 0 saturated heterocycles.